The van der Waals surface area contributed by atoms with Gasteiger partial charge in [0.1, 0.15) is 0 Å². The van der Waals surface area contributed by atoms with Crippen LogP contribution in [0.1, 0.15) is 26.7 Å². The summed E-state index contributed by atoms with van der Waals surface area (Å²) in [5.74, 6) is 0.0820. The molecule has 1 aromatic rings. The summed E-state index contributed by atoms with van der Waals surface area (Å²) in [7, 11) is 0. The molecule has 1 aliphatic rings. The molecule has 0 N–H and O–H groups in total. The van der Waals surface area contributed by atoms with Crippen molar-refractivity contribution in [3.8, 4) is 0 Å². The molecule has 0 spiro atoms. The fraction of sp³-hybridized carbons (Fsp3) is 0.267. The number of anilines is 1. The first-order valence-corrected chi connectivity index (χ1v) is 6.02. The quantitative estimate of drug-likeness (QED) is 0.771. The van der Waals surface area contributed by atoms with Crippen molar-refractivity contribution in [2.45, 2.75) is 26.7 Å². The fourth-order valence-corrected chi connectivity index (χ4v) is 1.93. The number of allylic oxidation sites excluding steroid dienone is 2. The molecule has 0 fully saturated rings. The van der Waals surface area contributed by atoms with Gasteiger partial charge in [-0.25, -0.2) is 0 Å². The van der Waals surface area contributed by atoms with E-state index in [0.717, 1.165) is 29.8 Å². The molecule has 0 radical (unpaired) electrons. The minimum Gasteiger partial charge on any atom is -0.278 e. The first-order valence-electron chi connectivity index (χ1n) is 6.02. The van der Waals surface area contributed by atoms with E-state index in [1.165, 1.54) is 0 Å². The Bertz CT molecular complexity index is 471. The largest absolute Gasteiger partial charge is 0.278 e. The Morgan fingerprint density at radius 2 is 1.94 bits per heavy atom. The zero-order valence-electron chi connectivity index (χ0n) is 10.3. The van der Waals surface area contributed by atoms with E-state index in [4.69, 9.17) is 0 Å². The predicted molar refractivity (Wildman–Crippen MR) is 70.7 cm³/mol. The molecule has 0 bridgehead atoms. The van der Waals surface area contributed by atoms with E-state index in [9.17, 15) is 4.79 Å². The molecule has 0 atom stereocenters. The zero-order valence-corrected chi connectivity index (χ0v) is 10.3. The summed E-state index contributed by atoms with van der Waals surface area (Å²) in [5.41, 5.74) is 2.74. The van der Waals surface area contributed by atoms with Crippen LogP contribution >= 0.6 is 0 Å². The number of hydrogen-bond acceptors (Lipinski definition) is 1. The lowest BCUT2D eigenvalue weighted by molar-refractivity contribution is -0.114. The third-order valence-electron chi connectivity index (χ3n) is 2.82. The van der Waals surface area contributed by atoms with Crippen LogP contribution in [0.4, 0.5) is 5.69 Å². The van der Waals surface area contributed by atoms with Crippen LogP contribution in [0, 0.1) is 0 Å². The van der Waals surface area contributed by atoms with E-state index < -0.39 is 0 Å². The number of carbonyl (C=O) groups is 1. The highest BCUT2D eigenvalue weighted by Gasteiger charge is 2.26. The molecule has 2 heteroatoms. The maximum atomic E-state index is 12.1. The van der Waals surface area contributed by atoms with Crippen molar-refractivity contribution in [3.05, 3.63) is 53.8 Å². The third kappa shape index (κ3) is 2.31. The molecule has 1 aromatic carbocycles. The summed E-state index contributed by atoms with van der Waals surface area (Å²) in [5, 5.41) is 0. The SMILES string of the molecule is CCC/C=C1\C=C(C)C(=O)N1c1ccccc1. The third-order valence-corrected chi connectivity index (χ3v) is 2.82. The number of rotatable bonds is 3. The molecule has 0 saturated carbocycles. The van der Waals surface area contributed by atoms with E-state index in [2.05, 4.69) is 13.0 Å². The number of carbonyl (C=O) groups excluding carboxylic acids is 1. The second-order valence-electron chi connectivity index (χ2n) is 4.22. The Labute approximate surface area is 102 Å². The van der Waals surface area contributed by atoms with Gasteiger partial charge in [-0.15, -0.1) is 0 Å². The molecule has 0 aliphatic carbocycles. The van der Waals surface area contributed by atoms with E-state index in [0.29, 0.717) is 0 Å². The number of amides is 1. The summed E-state index contributed by atoms with van der Waals surface area (Å²) >= 11 is 0. The van der Waals surface area contributed by atoms with E-state index in [1.54, 1.807) is 4.90 Å². The fourth-order valence-electron chi connectivity index (χ4n) is 1.93. The summed E-state index contributed by atoms with van der Waals surface area (Å²) in [6.45, 7) is 4.00. The normalized spacial score (nSPS) is 17.8. The molecule has 0 unspecified atom stereocenters. The van der Waals surface area contributed by atoms with Crippen LogP contribution in [-0.4, -0.2) is 5.91 Å². The zero-order chi connectivity index (χ0) is 12.3. The molecule has 2 nitrogen and oxygen atoms in total. The number of hydrogen-bond donors (Lipinski definition) is 0. The van der Waals surface area contributed by atoms with Crippen LogP contribution in [0.2, 0.25) is 0 Å². The van der Waals surface area contributed by atoms with Gasteiger partial charge < -0.3 is 0 Å². The summed E-state index contributed by atoms with van der Waals surface area (Å²) in [6, 6.07) is 9.79. The van der Waals surface area contributed by atoms with Crippen molar-refractivity contribution in [1.82, 2.24) is 0 Å². The molecule has 0 aromatic heterocycles. The van der Waals surface area contributed by atoms with Crippen molar-refractivity contribution in [3.63, 3.8) is 0 Å². The molecular weight excluding hydrogens is 210 g/mol. The lowest BCUT2D eigenvalue weighted by Gasteiger charge is -2.18. The Morgan fingerprint density at radius 1 is 1.24 bits per heavy atom. The van der Waals surface area contributed by atoms with Gasteiger partial charge in [-0.1, -0.05) is 37.6 Å². The van der Waals surface area contributed by atoms with E-state index in [1.807, 2.05) is 43.3 Å². The maximum Gasteiger partial charge on any atom is 0.258 e. The molecule has 17 heavy (non-hydrogen) atoms. The van der Waals surface area contributed by atoms with Crippen LogP contribution < -0.4 is 4.90 Å². The van der Waals surface area contributed by atoms with Crippen LogP contribution in [0.15, 0.2) is 53.8 Å². The van der Waals surface area contributed by atoms with Crippen LogP contribution in [0.3, 0.4) is 0 Å². The lowest BCUT2D eigenvalue weighted by atomic mass is 10.2. The molecule has 1 aliphatic heterocycles. The Kier molecular flexibility index (Phi) is 3.43. The van der Waals surface area contributed by atoms with Gasteiger partial charge in [0.05, 0.1) is 0 Å². The van der Waals surface area contributed by atoms with Crippen LogP contribution in [0.25, 0.3) is 0 Å². The summed E-state index contributed by atoms with van der Waals surface area (Å²) in [6.07, 6.45) is 6.18. The topological polar surface area (TPSA) is 20.3 Å². The average molecular weight is 227 g/mol. The number of nitrogens with zero attached hydrogens (tertiary/aromatic N) is 1. The van der Waals surface area contributed by atoms with Gasteiger partial charge in [-0.3, -0.25) is 9.69 Å². The Hall–Kier alpha value is -1.83. The van der Waals surface area contributed by atoms with Crippen molar-refractivity contribution in [1.29, 1.82) is 0 Å². The van der Waals surface area contributed by atoms with Gasteiger partial charge in [0.25, 0.3) is 5.91 Å². The highest BCUT2D eigenvalue weighted by Crippen LogP contribution is 2.28. The number of benzene rings is 1. The maximum absolute atomic E-state index is 12.1. The summed E-state index contributed by atoms with van der Waals surface area (Å²) < 4.78 is 0. The van der Waals surface area contributed by atoms with Crippen LogP contribution in [0.5, 0.6) is 0 Å². The van der Waals surface area contributed by atoms with Crippen molar-refractivity contribution in [2.75, 3.05) is 4.90 Å². The van der Waals surface area contributed by atoms with E-state index in [-0.39, 0.29) is 5.91 Å². The van der Waals surface area contributed by atoms with Crippen molar-refractivity contribution in [2.24, 2.45) is 0 Å². The van der Waals surface area contributed by atoms with Gasteiger partial charge in [0.2, 0.25) is 0 Å². The van der Waals surface area contributed by atoms with Gasteiger partial charge in [-0.05, 0) is 31.6 Å². The molecule has 1 heterocycles. The van der Waals surface area contributed by atoms with E-state index >= 15 is 0 Å². The van der Waals surface area contributed by atoms with Crippen molar-refractivity contribution >= 4 is 11.6 Å². The minimum atomic E-state index is 0.0820. The minimum absolute atomic E-state index is 0.0820. The molecular formula is C15H17NO. The first kappa shape index (κ1) is 11.6. The average Bonchev–Trinajstić information content (AvgIpc) is 2.64. The Balaban J connectivity index is 2.35. The molecule has 88 valence electrons. The van der Waals surface area contributed by atoms with Gasteiger partial charge >= 0.3 is 0 Å². The predicted octanol–water partition coefficient (Wildman–Crippen LogP) is 3.66. The highest BCUT2D eigenvalue weighted by molar-refractivity contribution is 6.11. The Morgan fingerprint density at radius 3 is 2.59 bits per heavy atom. The monoisotopic (exact) mass is 227 g/mol. The summed E-state index contributed by atoms with van der Waals surface area (Å²) in [4.78, 5) is 13.9. The first-order chi connectivity index (χ1) is 8.24. The standard InChI is InChI=1S/C15H17NO/c1-3-4-8-14-11-12(2)15(17)16(14)13-9-6-5-7-10-13/h5-11H,3-4H2,1-2H3/b14-8+. The number of para-hydroxylation sites is 1. The van der Waals surface area contributed by atoms with Gasteiger partial charge in [-0.2, -0.15) is 0 Å². The second-order valence-corrected chi connectivity index (χ2v) is 4.22. The van der Waals surface area contributed by atoms with Crippen LogP contribution in [-0.2, 0) is 4.79 Å². The van der Waals surface area contributed by atoms with Gasteiger partial charge in [0.15, 0.2) is 0 Å². The molecule has 1 amide bonds. The second kappa shape index (κ2) is 5.00. The molecule has 2 rings (SSSR count). The number of unbranched alkanes of at least 4 members (excludes halogenated alkanes) is 1. The van der Waals surface area contributed by atoms with Crippen molar-refractivity contribution < 1.29 is 4.79 Å². The smallest absolute Gasteiger partial charge is 0.258 e. The highest BCUT2D eigenvalue weighted by atomic mass is 16.2. The van der Waals surface area contributed by atoms with Gasteiger partial charge in [0, 0.05) is 17.0 Å². The molecule has 0 saturated heterocycles. The lowest BCUT2D eigenvalue weighted by Crippen LogP contribution is -2.24.